The number of ether oxygens (including phenoxy) is 2. The van der Waals surface area contributed by atoms with Gasteiger partial charge in [0, 0.05) is 33.1 Å². The molecule has 7 heteroatoms. The molecule has 3 rings (SSSR count). The van der Waals surface area contributed by atoms with Crippen LogP contribution in [0.4, 0.5) is 8.78 Å². The molecular weight excluding hydrogens is 490 g/mol. The van der Waals surface area contributed by atoms with E-state index in [9.17, 15) is 23.5 Å². The van der Waals surface area contributed by atoms with Crippen molar-refractivity contribution in [2.24, 2.45) is 23.2 Å². The van der Waals surface area contributed by atoms with Gasteiger partial charge in [-0.3, -0.25) is 9.59 Å². The van der Waals surface area contributed by atoms with Crippen LogP contribution in [0.2, 0.25) is 0 Å². The second kappa shape index (κ2) is 11.6. The molecule has 0 unspecified atom stereocenters. The Balaban J connectivity index is 1.75. The number of alkyl halides is 2. The fourth-order valence-corrected chi connectivity index (χ4v) is 7.07. The number of fused-ring (bicyclic) bond motifs is 1. The standard InChI is InChI=1S/C31H46F2O5/c1-19(14-16-31(32,33)29(5,6)36)26-12-13-27-23(9-8-15-30(26,27)7)10-11-24-17-25(37-21(3)34)18-28(20(24)2)38-22(4)35/h9-11,19,25-28,36H,8,12-18H2,1-7H3/b11-10-/t19-,25-,26-,27+,28+,30-/m1/s1. The maximum atomic E-state index is 14.4. The molecule has 38 heavy (non-hydrogen) atoms. The van der Waals surface area contributed by atoms with Crippen LogP contribution in [0, 0.1) is 23.2 Å². The van der Waals surface area contributed by atoms with E-state index < -0.39 is 17.6 Å². The van der Waals surface area contributed by atoms with Crippen LogP contribution in [0.3, 0.4) is 0 Å². The van der Waals surface area contributed by atoms with Crippen molar-refractivity contribution in [1.82, 2.24) is 0 Å². The number of allylic oxidation sites excluding steroid dienone is 4. The molecule has 1 N–H and O–H groups in total. The predicted molar refractivity (Wildman–Crippen MR) is 143 cm³/mol. The van der Waals surface area contributed by atoms with Crippen molar-refractivity contribution in [2.75, 3.05) is 0 Å². The first-order valence-corrected chi connectivity index (χ1v) is 14.1. The minimum Gasteiger partial charge on any atom is -0.462 e. The van der Waals surface area contributed by atoms with E-state index in [1.54, 1.807) is 0 Å². The van der Waals surface area contributed by atoms with Gasteiger partial charge in [0.25, 0.3) is 5.92 Å². The number of hydrogen-bond donors (Lipinski definition) is 1. The molecule has 6 atom stereocenters. The maximum absolute atomic E-state index is 14.4. The molecule has 5 nitrogen and oxygen atoms in total. The molecule has 1 fully saturated rings. The Morgan fingerprint density at radius 1 is 1.18 bits per heavy atom. The molecule has 3 aliphatic rings. The van der Waals surface area contributed by atoms with E-state index >= 15 is 0 Å². The third kappa shape index (κ3) is 6.75. The summed E-state index contributed by atoms with van der Waals surface area (Å²) in [5, 5.41) is 9.88. The third-order valence-electron chi connectivity index (χ3n) is 9.40. The molecule has 0 bridgehead atoms. The number of carbonyl (C=O) groups is 2. The average molecular weight is 537 g/mol. The van der Waals surface area contributed by atoms with Gasteiger partial charge < -0.3 is 14.6 Å². The molecule has 0 aromatic carbocycles. The highest BCUT2D eigenvalue weighted by Gasteiger charge is 2.51. The second-order valence-corrected chi connectivity index (χ2v) is 12.6. The van der Waals surface area contributed by atoms with E-state index in [1.807, 2.05) is 6.92 Å². The molecule has 0 aliphatic heterocycles. The molecule has 0 heterocycles. The Morgan fingerprint density at radius 3 is 2.45 bits per heavy atom. The zero-order chi connectivity index (χ0) is 28.5. The summed E-state index contributed by atoms with van der Waals surface area (Å²) in [4.78, 5) is 23.3. The monoisotopic (exact) mass is 536 g/mol. The Kier molecular flexibility index (Phi) is 9.33. The van der Waals surface area contributed by atoms with Gasteiger partial charge in [-0.1, -0.05) is 32.1 Å². The maximum Gasteiger partial charge on any atom is 0.303 e. The molecule has 0 radical (unpaired) electrons. The molecule has 0 saturated heterocycles. The van der Waals surface area contributed by atoms with E-state index in [-0.39, 0.29) is 35.8 Å². The van der Waals surface area contributed by atoms with Crippen LogP contribution in [-0.2, 0) is 19.1 Å². The predicted octanol–water partition coefficient (Wildman–Crippen LogP) is 7.09. The molecule has 0 amide bonds. The molecule has 0 aromatic rings. The summed E-state index contributed by atoms with van der Waals surface area (Å²) in [6.45, 7) is 11.5. The van der Waals surface area contributed by atoms with Gasteiger partial charge in [-0.15, -0.1) is 0 Å². The summed E-state index contributed by atoms with van der Waals surface area (Å²) in [5.74, 6) is -2.99. The summed E-state index contributed by atoms with van der Waals surface area (Å²) in [5.41, 5.74) is 1.28. The zero-order valence-corrected chi connectivity index (χ0v) is 24.1. The van der Waals surface area contributed by atoms with Crippen molar-refractivity contribution < 1.29 is 33.0 Å². The van der Waals surface area contributed by atoms with Gasteiger partial charge in [-0.25, -0.2) is 8.78 Å². The first-order chi connectivity index (χ1) is 17.5. The van der Waals surface area contributed by atoms with Crippen LogP contribution in [0.15, 0.2) is 34.9 Å². The first-order valence-electron chi connectivity index (χ1n) is 14.1. The smallest absolute Gasteiger partial charge is 0.303 e. The van der Waals surface area contributed by atoms with Crippen molar-refractivity contribution in [3.05, 3.63) is 34.9 Å². The number of aliphatic hydroxyl groups is 1. The highest BCUT2D eigenvalue weighted by atomic mass is 19.3. The van der Waals surface area contributed by atoms with Crippen molar-refractivity contribution >= 4 is 11.9 Å². The Labute approximate surface area is 226 Å². The van der Waals surface area contributed by atoms with Crippen LogP contribution >= 0.6 is 0 Å². The SMILES string of the molecule is CC(=O)O[C@@H]1CC(/C=C\C2=CCC[C@]3(C)[C@@H]([C@H](C)CCC(F)(F)C(C)(C)O)CC[C@@H]23)=C(C)[C@@H](OC(C)=O)C1. The van der Waals surface area contributed by atoms with Crippen LogP contribution in [0.1, 0.15) is 99.8 Å². The lowest BCUT2D eigenvalue weighted by molar-refractivity contribution is -0.168. The molecule has 214 valence electrons. The first kappa shape index (κ1) is 30.5. The van der Waals surface area contributed by atoms with Gasteiger partial charge in [0.1, 0.15) is 17.8 Å². The Bertz CT molecular complexity index is 989. The quantitative estimate of drug-likeness (QED) is 0.319. The highest BCUT2D eigenvalue weighted by Crippen LogP contribution is 2.59. The number of hydrogen-bond acceptors (Lipinski definition) is 5. The van der Waals surface area contributed by atoms with Crippen molar-refractivity contribution in [1.29, 1.82) is 0 Å². The number of halogens is 2. The van der Waals surface area contributed by atoms with Crippen LogP contribution < -0.4 is 0 Å². The van der Waals surface area contributed by atoms with E-state index in [0.29, 0.717) is 31.1 Å². The number of esters is 2. The Hall–Kier alpha value is -2.02. The zero-order valence-electron chi connectivity index (χ0n) is 24.1. The largest absolute Gasteiger partial charge is 0.462 e. The van der Waals surface area contributed by atoms with Crippen molar-refractivity contribution in [3.8, 4) is 0 Å². The minimum absolute atomic E-state index is 0.0361. The van der Waals surface area contributed by atoms with Crippen LogP contribution in [0.25, 0.3) is 0 Å². The fourth-order valence-electron chi connectivity index (χ4n) is 7.07. The highest BCUT2D eigenvalue weighted by molar-refractivity contribution is 5.67. The van der Waals surface area contributed by atoms with E-state index in [1.165, 1.54) is 33.3 Å². The summed E-state index contributed by atoms with van der Waals surface area (Å²) in [7, 11) is 0. The van der Waals surface area contributed by atoms with Crippen LogP contribution in [0.5, 0.6) is 0 Å². The molecule has 0 aromatic heterocycles. The normalized spacial score (nSPS) is 31.2. The summed E-state index contributed by atoms with van der Waals surface area (Å²) < 4.78 is 39.9. The Morgan fingerprint density at radius 2 is 1.84 bits per heavy atom. The molecular formula is C31H46F2O5. The van der Waals surface area contributed by atoms with Gasteiger partial charge in [0.05, 0.1) is 0 Å². The lowest BCUT2D eigenvalue weighted by Crippen LogP contribution is -2.43. The molecule has 0 spiro atoms. The summed E-state index contributed by atoms with van der Waals surface area (Å²) >= 11 is 0. The topological polar surface area (TPSA) is 72.8 Å². The lowest BCUT2D eigenvalue weighted by atomic mass is 9.62. The van der Waals surface area contributed by atoms with Crippen molar-refractivity contribution in [3.63, 3.8) is 0 Å². The van der Waals surface area contributed by atoms with Gasteiger partial charge in [0.2, 0.25) is 0 Å². The summed E-state index contributed by atoms with van der Waals surface area (Å²) in [6.07, 6.45) is 10.9. The van der Waals surface area contributed by atoms with E-state index in [2.05, 4.69) is 32.1 Å². The third-order valence-corrected chi connectivity index (χ3v) is 9.40. The van der Waals surface area contributed by atoms with Crippen molar-refractivity contribution in [2.45, 2.75) is 124 Å². The lowest BCUT2D eigenvalue weighted by Gasteiger charge is -2.43. The molecule has 3 aliphatic carbocycles. The average Bonchev–Trinajstić information content (AvgIpc) is 3.14. The van der Waals surface area contributed by atoms with E-state index in [4.69, 9.17) is 9.47 Å². The minimum atomic E-state index is -3.11. The van der Waals surface area contributed by atoms with Gasteiger partial charge in [-0.05, 0) is 92.8 Å². The van der Waals surface area contributed by atoms with Gasteiger partial charge in [0.15, 0.2) is 0 Å². The van der Waals surface area contributed by atoms with E-state index in [0.717, 1.165) is 36.8 Å². The second-order valence-electron chi connectivity index (χ2n) is 12.6. The fraction of sp³-hybridized carbons (Fsp3) is 0.742. The molecule has 1 saturated carbocycles. The number of rotatable bonds is 9. The van der Waals surface area contributed by atoms with Crippen LogP contribution in [-0.4, -0.2) is 40.8 Å². The number of carbonyl (C=O) groups excluding carboxylic acids is 2. The van der Waals surface area contributed by atoms with Gasteiger partial charge >= 0.3 is 11.9 Å². The van der Waals surface area contributed by atoms with Gasteiger partial charge in [-0.2, -0.15) is 0 Å². The summed E-state index contributed by atoms with van der Waals surface area (Å²) in [6, 6.07) is 0.